The first kappa shape index (κ1) is 18.1. The molecule has 26 heavy (non-hydrogen) atoms. The lowest BCUT2D eigenvalue weighted by Gasteiger charge is -2.17. The SMILES string of the molecule is COc1ccc(CNC(=O)NCc2ccccc2)cc1OC1CCCC1. The number of ether oxygens (including phenoxy) is 2. The summed E-state index contributed by atoms with van der Waals surface area (Å²) in [6.45, 7) is 0.941. The average molecular weight is 354 g/mol. The van der Waals surface area contributed by atoms with Gasteiger partial charge in [-0.15, -0.1) is 0 Å². The summed E-state index contributed by atoms with van der Waals surface area (Å²) in [5.41, 5.74) is 2.05. The van der Waals surface area contributed by atoms with Crippen molar-refractivity contribution in [1.29, 1.82) is 0 Å². The second-order valence-electron chi connectivity index (χ2n) is 6.53. The van der Waals surface area contributed by atoms with E-state index in [4.69, 9.17) is 9.47 Å². The van der Waals surface area contributed by atoms with Crippen LogP contribution in [0.2, 0.25) is 0 Å². The molecule has 138 valence electrons. The molecule has 5 heteroatoms. The number of hydrogen-bond donors (Lipinski definition) is 2. The van der Waals surface area contributed by atoms with Gasteiger partial charge in [0.25, 0.3) is 0 Å². The molecule has 2 N–H and O–H groups in total. The quantitative estimate of drug-likeness (QED) is 0.790. The maximum atomic E-state index is 12.0. The van der Waals surface area contributed by atoms with Gasteiger partial charge in [-0.25, -0.2) is 4.79 Å². The summed E-state index contributed by atoms with van der Waals surface area (Å²) in [7, 11) is 1.64. The van der Waals surface area contributed by atoms with Crippen LogP contribution in [-0.4, -0.2) is 19.2 Å². The Bertz CT molecular complexity index is 712. The molecule has 3 rings (SSSR count). The van der Waals surface area contributed by atoms with Gasteiger partial charge in [0.2, 0.25) is 0 Å². The monoisotopic (exact) mass is 354 g/mol. The van der Waals surface area contributed by atoms with E-state index in [2.05, 4.69) is 10.6 Å². The van der Waals surface area contributed by atoms with Gasteiger partial charge in [0.05, 0.1) is 13.2 Å². The number of methoxy groups -OCH3 is 1. The van der Waals surface area contributed by atoms with Gasteiger partial charge in [-0.3, -0.25) is 0 Å². The molecule has 0 spiro atoms. The smallest absolute Gasteiger partial charge is 0.315 e. The number of nitrogens with one attached hydrogen (secondary N) is 2. The van der Waals surface area contributed by atoms with Gasteiger partial charge in [0, 0.05) is 13.1 Å². The summed E-state index contributed by atoms with van der Waals surface area (Å²) < 4.78 is 11.5. The Labute approximate surface area is 154 Å². The highest BCUT2D eigenvalue weighted by Gasteiger charge is 2.18. The molecule has 5 nitrogen and oxygen atoms in total. The number of benzene rings is 2. The molecule has 0 atom stereocenters. The summed E-state index contributed by atoms with van der Waals surface area (Å²) >= 11 is 0. The van der Waals surface area contributed by atoms with Gasteiger partial charge in [0.15, 0.2) is 11.5 Å². The number of rotatable bonds is 7. The van der Waals surface area contributed by atoms with Gasteiger partial charge in [-0.2, -0.15) is 0 Å². The first-order chi connectivity index (χ1) is 12.7. The summed E-state index contributed by atoms with van der Waals surface area (Å²) in [6.07, 6.45) is 4.88. The van der Waals surface area contributed by atoms with Crippen LogP contribution in [0.5, 0.6) is 11.5 Å². The van der Waals surface area contributed by atoms with E-state index in [0.717, 1.165) is 35.5 Å². The second kappa shape index (κ2) is 9.13. The molecule has 0 radical (unpaired) electrons. The second-order valence-corrected chi connectivity index (χ2v) is 6.53. The maximum absolute atomic E-state index is 12.0. The molecular formula is C21H26N2O3. The summed E-state index contributed by atoms with van der Waals surface area (Å²) in [5, 5.41) is 5.74. The Hall–Kier alpha value is -2.69. The highest BCUT2D eigenvalue weighted by molar-refractivity contribution is 5.73. The zero-order chi connectivity index (χ0) is 18.2. The zero-order valence-corrected chi connectivity index (χ0v) is 15.2. The van der Waals surface area contributed by atoms with Crippen LogP contribution in [-0.2, 0) is 13.1 Å². The maximum Gasteiger partial charge on any atom is 0.315 e. The largest absolute Gasteiger partial charge is 0.493 e. The van der Waals surface area contributed by atoms with Crippen molar-refractivity contribution in [3.8, 4) is 11.5 Å². The molecule has 0 heterocycles. The van der Waals surface area contributed by atoms with Gasteiger partial charge in [-0.1, -0.05) is 36.4 Å². The van der Waals surface area contributed by atoms with Gasteiger partial charge < -0.3 is 20.1 Å². The molecule has 2 amide bonds. The fourth-order valence-corrected chi connectivity index (χ4v) is 3.13. The van der Waals surface area contributed by atoms with Crippen molar-refractivity contribution in [3.05, 3.63) is 59.7 Å². The van der Waals surface area contributed by atoms with Crippen LogP contribution in [0, 0.1) is 0 Å². The van der Waals surface area contributed by atoms with Crippen molar-refractivity contribution in [1.82, 2.24) is 10.6 Å². The van der Waals surface area contributed by atoms with E-state index in [1.807, 2.05) is 48.5 Å². The van der Waals surface area contributed by atoms with Crippen molar-refractivity contribution < 1.29 is 14.3 Å². The van der Waals surface area contributed by atoms with E-state index in [-0.39, 0.29) is 12.1 Å². The van der Waals surface area contributed by atoms with Gasteiger partial charge in [0.1, 0.15) is 0 Å². The first-order valence-electron chi connectivity index (χ1n) is 9.14. The minimum absolute atomic E-state index is 0.192. The van der Waals surface area contributed by atoms with Crippen molar-refractivity contribution in [2.45, 2.75) is 44.9 Å². The molecule has 2 aromatic carbocycles. The van der Waals surface area contributed by atoms with E-state index in [1.165, 1.54) is 12.8 Å². The van der Waals surface area contributed by atoms with Crippen LogP contribution < -0.4 is 20.1 Å². The number of carbonyl (C=O) groups is 1. The lowest BCUT2D eigenvalue weighted by atomic mass is 10.2. The van der Waals surface area contributed by atoms with E-state index < -0.39 is 0 Å². The summed E-state index contributed by atoms with van der Waals surface area (Å²) in [6, 6.07) is 15.4. The minimum atomic E-state index is -0.192. The molecule has 1 aliphatic rings. The van der Waals surface area contributed by atoms with Crippen molar-refractivity contribution >= 4 is 6.03 Å². The highest BCUT2D eigenvalue weighted by atomic mass is 16.5. The zero-order valence-electron chi connectivity index (χ0n) is 15.2. The normalized spacial score (nSPS) is 14.0. The Morgan fingerprint density at radius 2 is 1.65 bits per heavy atom. The Morgan fingerprint density at radius 3 is 2.35 bits per heavy atom. The topological polar surface area (TPSA) is 59.6 Å². The van der Waals surface area contributed by atoms with Crippen molar-refractivity contribution in [2.24, 2.45) is 0 Å². The third kappa shape index (κ3) is 5.15. The standard InChI is InChI=1S/C21H26N2O3/c1-25-19-12-11-17(13-20(19)26-18-9-5-6-10-18)15-23-21(24)22-14-16-7-3-2-4-8-16/h2-4,7-8,11-13,18H,5-6,9-10,14-15H2,1H3,(H2,22,23,24). The van der Waals surface area contributed by atoms with Crippen LogP contribution in [0.25, 0.3) is 0 Å². The van der Waals surface area contributed by atoms with Crippen LogP contribution in [0.1, 0.15) is 36.8 Å². The third-order valence-electron chi connectivity index (χ3n) is 4.57. The summed E-state index contributed by atoms with van der Waals surface area (Å²) in [5.74, 6) is 1.48. The molecule has 0 aromatic heterocycles. The molecule has 0 aliphatic heterocycles. The molecule has 2 aromatic rings. The van der Waals surface area contributed by atoms with Crippen LogP contribution in [0.3, 0.4) is 0 Å². The third-order valence-corrected chi connectivity index (χ3v) is 4.57. The first-order valence-corrected chi connectivity index (χ1v) is 9.14. The lowest BCUT2D eigenvalue weighted by molar-refractivity contribution is 0.200. The number of urea groups is 1. The predicted molar refractivity (Wildman–Crippen MR) is 101 cm³/mol. The fourth-order valence-electron chi connectivity index (χ4n) is 3.13. The Balaban J connectivity index is 1.52. The average Bonchev–Trinajstić information content (AvgIpc) is 3.19. The Morgan fingerprint density at radius 1 is 0.962 bits per heavy atom. The van der Waals surface area contributed by atoms with E-state index in [1.54, 1.807) is 7.11 Å². The van der Waals surface area contributed by atoms with Crippen LogP contribution in [0.15, 0.2) is 48.5 Å². The molecule has 1 saturated carbocycles. The van der Waals surface area contributed by atoms with Crippen LogP contribution >= 0.6 is 0 Å². The molecule has 1 fully saturated rings. The molecule has 0 bridgehead atoms. The fraction of sp³-hybridized carbons (Fsp3) is 0.381. The summed E-state index contributed by atoms with van der Waals surface area (Å²) in [4.78, 5) is 12.0. The highest BCUT2D eigenvalue weighted by Crippen LogP contribution is 2.32. The molecule has 0 saturated heterocycles. The Kier molecular flexibility index (Phi) is 6.36. The molecular weight excluding hydrogens is 328 g/mol. The number of carbonyl (C=O) groups excluding carboxylic acids is 1. The van der Waals surface area contributed by atoms with Gasteiger partial charge in [-0.05, 0) is 48.9 Å². The van der Waals surface area contributed by atoms with Gasteiger partial charge >= 0.3 is 6.03 Å². The van der Waals surface area contributed by atoms with E-state index in [9.17, 15) is 4.79 Å². The lowest BCUT2D eigenvalue weighted by Crippen LogP contribution is -2.34. The van der Waals surface area contributed by atoms with Crippen LogP contribution in [0.4, 0.5) is 4.79 Å². The predicted octanol–water partition coefficient (Wildman–Crippen LogP) is 4.02. The number of amides is 2. The van der Waals surface area contributed by atoms with E-state index >= 15 is 0 Å². The van der Waals surface area contributed by atoms with Crippen molar-refractivity contribution in [2.75, 3.05) is 7.11 Å². The number of hydrogen-bond acceptors (Lipinski definition) is 3. The van der Waals surface area contributed by atoms with E-state index in [0.29, 0.717) is 13.1 Å². The molecule has 0 unspecified atom stereocenters. The molecule has 1 aliphatic carbocycles. The minimum Gasteiger partial charge on any atom is -0.493 e. The van der Waals surface area contributed by atoms with Crippen molar-refractivity contribution in [3.63, 3.8) is 0 Å².